The summed E-state index contributed by atoms with van der Waals surface area (Å²) in [5, 5.41) is 7.63. The number of amides is 1. The fourth-order valence-electron chi connectivity index (χ4n) is 3.59. The molecule has 2 heterocycles. The molecule has 1 saturated carbocycles. The summed E-state index contributed by atoms with van der Waals surface area (Å²) in [6.07, 6.45) is 3.47. The first-order valence-corrected chi connectivity index (χ1v) is 9.75. The normalized spacial score (nSPS) is 23.6. The average Bonchev–Trinajstić information content (AvgIpc) is 3.13. The molecule has 0 bridgehead atoms. The van der Waals surface area contributed by atoms with Crippen LogP contribution in [0.5, 0.6) is 0 Å². The van der Waals surface area contributed by atoms with E-state index in [1.165, 1.54) is 12.8 Å². The van der Waals surface area contributed by atoms with Gasteiger partial charge in [-0.25, -0.2) is 0 Å². The van der Waals surface area contributed by atoms with E-state index in [2.05, 4.69) is 40.2 Å². The van der Waals surface area contributed by atoms with Crippen molar-refractivity contribution in [1.29, 1.82) is 0 Å². The average molecular weight is 408 g/mol. The first kappa shape index (κ1) is 18.2. The van der Waals surface area contributed by atoms with Crippen molar-refractivity contribution in [3.8, 4) is 0 Å². The van der Waals surface area contributed by atoms with Crippen molar-refractivity contribution in [2.24, 2.45) is 11.8 Å². The Balaban J connectivity index is 1.66. The van der Waals surface area contributed by atoms with Gasteiger partial charge in [0.2, 0.25) is 0 Å². The maximum Gasteiger partial charge on any atom is 0.287 e. The maximum absolute atomic E-state index is 12.5. The lowest BCUT2D eigenvalue weighted by atomic mass is 9.78. The van der Waals surface area contributed by atoms with Crippen LogP contribution in [0.3, 0.4) is 0 Å². The Kier molecular flexibility index (Phi) is 5.37. The van der Waals surface area contributed by atoms with Crippen molar-refractivity contribution >= 4 is 21.8 Å². The highest BCUT2D eigenvalue weighted by Crippen LogP contribution is 2.29. The number of aromatic nitrogens is 2. The lowest BCUT2D eigenvalue weighted by molar-refractivity contribution is 0.0861. The molecule has 25 heavy (non-hydrogen) atoms. The van der Waals surface area contributed by atoms with E-state index in [1.54, 1.807) is 6.07 Å². The second kappa shape index (κ2) is 7.36. The summed E-state index contributed by atoms with van der Waals surface area (Å²) in [6, 6.07) is 3.84. The van der Waals surface area contributed by atoms with Crippen molar-refractivity contribution in [2.45, 2.75) is 59.5 Å². The lowest BCUT2D eigenvalue weighted by Crippen LogP contribution is -2.43. The van der Waals surface area contributed by atoms with E-state index < -0.39 is 0 Å². The molecular weight excluding hydrogens is 382 g/mol. The summed E-state index contributed by atoms with van der Waals surface area (Å²) in [6.45, 7) is 8.97. The molecule has 5 nitrogen and oxygen atoms in total. The maximum atomic E-state index is 12.5. The van der Waals surface area contributed by atoms with Gasteiger partial charge in [-0.15, -0.1) is 0 Å². The fraction of sp³-hybridized carbons (Fsp3) is 0.579. The summed E-state index contributed by atoms with van der Waals surface area (Å²) in [5.41, 5.74) is 1.99. The van der Waals surface area contributed by atoms with Crippen LogP contribution in [0.2, 0.25) is 0 Å². The van der Waals surface area contributed by atoms with Gasteiger partial charge in [-0.2, -0.15) is 5.10 Å². The van der Waals surface area contributed by atoms with Crippen molar-refractivity contribution in [2.75, 3.05) is 0 Å². The van der Waals surface area contributed by atoms with Crippen LogP contribution < -0.4 is 5.32 Å². The van der Waals surface area contributed by atoms with Gasteiger partial charge in [-0.05, 0) is 60.2 Å². The molecule has 1 aliphatic rings. The second-order valence-electron chi connectivity index (χ2n) is 7.26. The topological polar surface area (TPSA) is 60.1 Å². The molecule has 0 radical (unpaired) electrons. The minimum absolute atomic E-state index is 0.119. The van der Waals surface area contributed by atoms with Gasteiger partial charge in [0.15, 0.2) is 5.76 Å². The highest BCUT2D eigenvalue weighted by Gasteiger charge is 2.29. The zero-order valence-electron chi connectivity index (χ0n) is 15.3. The Bertz CT molecular complexity index is 765. The van der Waals surface area contributed by atoms with Gasteiger partial charge < -0.3 is 9.73 Å². The van der Waals surface area contributed by atoms with Crippen LogP contribution in [0.4, 0.5) is 0 Å². The number of halogens is 1. The SMILES string of the molecule is Cc1nn(Cc2ccc(C(=O)N[C@@H]3CCC[C@H](C)[C@H]3C)o2)c(C)c1Br. The predicted molar refractivity (Wildman–Crippen MR) is 101 cm³/mol. The van der Waals surface area contributed by atoms with E-state index >= 15 is 0 Å². The Morgan fingerprint density at radius 1 is 1.36 bits per heavy atom. The number of nitrogens with one attached hydrogen (secondary N) is 1. The van der Waals surface area contributed by atoms with E-state index in [-0.39, 0.29) is 11.9 Å². The molecule has 0 aromatic carbocycles. The molecule has 0 spiro atoms. The molecule has 1 fully saturated rings. The number of nitrogens with zero attached hydrogens (tertiary/aromatic N) is 2. The van der Waals surface area contributed by atoms with Gasteiger partial charge in [-0.1, -0.05) is 26.7 Å². The number of hydrogen-bond donors (Lipinski definition) is 1. The molecule has 2 aromatic rings. The first-order chi connectivity index (χ1) is 11.9. The van der Waals surface area contributed by atoms with Gasteiger partial charge in [0.25, 0.3) is 5.91 Å². The lowest BCUT2D eigenvalue weighted by Gasteiger charge is -2.34. The smallest absolute Gasteiger partial charge is 0.287 e. The minimum atomic E-state index is -0.119. The van der Waals surface area contributed by atoms with E-state index in [0.717, 1.165) is 28.0 Å². The van der Waals surface area contributed by atoms with Crippen LogP contribution in [0.25, 0.3) is 0 Å². The molecule has 3 atom stereocenters. The highest BCUT2D eigenvalue weighted by atomic mass is 79.9. The second-order valence-corrected chi connectivity index (χ2v) is 8.05. The molecule has 1 N–H and O–H groups in total. The van der Waals surface area contributed by atoms with Gasteiger partial charge in [0.1, 0.15) is 5.76 Å². The monoisotopic (exact) mass is 407 g/mol. The number of furan rings is 1. The third-order valence-electron chi connectivity index (χ3n) is 5.51. The zero-order chi connectivity index (χ0) is 18.1. The van der Waals surface area contributed by atoms with Crippen LogP contribution in [-0.2, 0) is 6.54 Å². The quantitative estimate of drug-likeness (QED) is 0.813. The summed E-state index contributed by atoms with van der Waals surface area (Å²) in [7, 11) is 0. The molecule has 2 aromatic heterocycles. The van der Waals surface area contributed by atoms with Gasteiger partial charge in [0, 0.05) is 6.04 Å². The number of carbonyl (C=O) groups excluding carboxylic acids is 1. The molecule has 3 rings (SSSR count). The van der Waals surface area contributed by atoms with Crippen LogP contribution >= 0.6 is 15.9 Å². The Labute approximate surface area is 157 Å². The summed E-state index contributed by atoms with van der Waals surface area (Å²) in [5.74, 6) is 2.14. The summed E-state index contributed by atoms with van der Waals surface area (Å²) < 4.78 is 8.66. The van der Waals surface area contributed by atoms with E-state index in [1.807, 2.05) is 24.6 Å². The van der Waals surface area contributed by atoms with Crippen molar-refractivity contribution < 1.29 is 9.21 Å². The number of rotatable bonds is 4. The number of hydrogen-bond acceptors (Lipinski definition) is 3. The summed E-state index contributed by atoms with van der Waals surface area (Å²) in [4.78, 5) is 12.5. The molecule has 136 valence electrons. The zero-order valence-corrected chi connectivity index (χ0v) is 16.9. The van der Waals surface area contributed by atoms with Gasteiger partial charge >= 0.3 is 0 Å². The van der Waals surface area contributed by atoms with Crippen LogP contribution in [0.15, 0.2) is 21.0 Å². The molecule has 1 amide bonds. The first-order valence-electron chi connectivity index (χ1n) is 8.96. The van der Waals surface area contributed by atoms with E-state index in [4.69, 9.17) is 4.42 Å². The van der Waals surface area contributed by atoms with Gasteiger partial charge in [0.05, 0.1) is 22.4 Å². The van der Waals surface area contributed by atoms with E-state index in [0.29, 0.717) is 24.1 Å². The molecule has 0 unspecified atom stereocenters. The predicted octanol–water partition coefficient (Wildman–Crippen LogP) is 4.46. The van der Waals surface area contributed by atoms with Crippen molar-refractivity contribution in [1.82, 2.24) is 15.1 Å². The Morgan fingerprint density at radius 2 is 2.12 bits per heavy atom. The van der Waals surface area contributed by atoms with Crippen LogP contribution in [0, 0.1) is 25.7 Å². The highest BCUT2D eigenvalue weighted by molar-refractivity contribution is 9.10. The number of carbonyl (C=O) groups is 1. The molecule has 1 aliphatic carbocycles. The molecule has 0 aliphatic heterocycles. The van der Waals surface area contributed by atoms with Crippen LogP contribution in [0.1, 0.15) is 60.8 Å². The molecule has 0 saturated heterocycles. The van der Waals surface area contributed by atoms with Crippen molar-refractivity contribution in [3.05, 3.63) is 39.5 Å². The largest absolute Gasteiger partial charge is 0.454 e. The van der Waals surface area contributed by atoms with E-state index in [9.17, 15) is 4.79 Å². The summed E-state index contributed by atoms with van der Waals surface area (Å²) >= 11 is 3.53. The van der Waals surface area contributed by atoms with Crippen molar-refractivity contribution in [3.63, 3.8) is 0 Å². The standard InChI is InChI=1S/C19H26BrN3O2/c1-11-6-5-7-16(12(11)2)21-19(24)17-9-8-15(25-17)10-23-14(4)18(20)13(3)22-23/h8-9,11-12,16H,5-7,10H2,1-4H3,(H,21,24)/t11-,12+,16+/m0/s1. The van der Waals surface area contributed by atoms with Gasteiger partial charge in [-0.3, -0.25) is 9.48 Å². The minimum Gasteiger partial charge on any atom is -0.454 e. The Morgan fingerprint density at radius 3 is 2.80 bits per heavy atom. The fourth-order valence-corrected chi connectivity index (χ4v) is 3.87. The third-order valence-corrected chi connectivity index (χ3v) is 6.66. The molecular formula is C19H26BrN3O2. The number of aryl methyl sites for hydroxylation is 1. The third kappa shape index (κ3) is 3.84. The van der Waals surface area contributed by atoms with Crippen LogP contribution in [-0.4, -0.2) is 21.7 Å². The Hall–Kier alpha value is -1.56. The molecule has 6 heteroatoms.